The maximum Gasteiger partial charge on any atom is 0.291 e. The minimum absolute atomic E-state index is 0.00252. The molecule has 2 aliphatic rings. The molecule has 1 saturated heterocycles. The van der Waals surface area contributed by atoms with E-state index in [0.717, 1.165) is 32.4 Å². The van der Waals surface area contributed by atoms with E-state index in [4.69, 9.17) is 16.0 Å². The Morgan fingerprint density at radius 1 is 1.15 bits per heavy atom. The van der Waals surface area contributed by atoms with Crippen LogP contribution < -0.4 is 16.0 Å². The first-order chi connectivity index (χ1) is 12.6. The molecule has 2 aromatic rings. The van der Waals surface area contributed by atoms with Gasteiger partial charge in [-0.25, -0.2) is 0 Å². The SMILES string of the molecule is O=C(Nc1cc(Cl)ccc1NC(=O)C1CC12CCNCC2)c1ccco1. The van der Waals surface area contributed by atoms with Crippen molar-refractivity contribution in [2.24, 2.45) is 11.3 Å². The largest absolute Gasteiger partial charge is 0.459 e. The first-order valence-electron chi connectivity index (χ1n) is 8.73. The molecule has 1 aromatic heterocycles. The predicted molar refractivity (Wildman–Crippen MR) is 99.4 cm³/mol. The topological polar surface area (TPSA) is 83.4 Å². The van der Waals surface area contributed by atoms with E-state index in [1.165, 1.54) is 6.26 Å². The molecule has 0 radical (unpaired) electrons. The third-order valence-electron chi connectivity index (χ3n) is 5.34. The Labute approximate surface area is 156 Å². The first-order valence-corrected chi connectivity index (χ1v) is 9.11. The average molecular weight is 374 g/mol. The second-order valence-corrected chi connectivity index (χ2v) is 7.42. The van der Waals surface area contributed by atoms with Crippen LogP contribution in [0.1, 0.15) is 29.8 Å². The van der Waals surface area contributed by atoms with Gasteiger partial charge < -0.3 is 20.4 Å². The molecule has 1 saturated carbocycles. The van der Waals surface area contributed by atoms with E-state index in [2.05, 4.69) is 16.0 Å². The van der Waals surface area contributed by atoms with Crippen molar-refractivity contribution in [1.29, 1.82) is 0 Å². The van der Waals surface area contributed by atoms with Gasteiger partial charge in [-0.05, 0) is 68.1 Å². The second kappa shape index (κ2) is 6.78. The van der Waals surface area contributed by atoms with Gasteiger partial charge in [-0.2, -0.15) is 0 Å². The minimum Gasteiger partial charge on any atom is -0.459 e. The number of carbonyl (C=O) groups is 2. The fraction of sp³-hybridized carbons (Fsp3) is 0.368. The molecule has 1 aliphatic carbocycles. The van der Waals surface area contributed by atoms with Crippen LogP contribution in [0, 0.1) is 11.3 Å². The summed E-state index contributed by atoms with van der Waals surface area (Å²) < 4.78 is 5.10. The molecular formula is C19H20ClN3O3. The zero-order valence-corrected chi connectivity index (χ0v) is 14.9. The maximum atomic E-state index is 12.7. The van der Waals surface area contributed by atoms with Crippen LogP contribution in [-0.4, -0.2) is 24.9 Å². The molecule has 26 heavy (non-hydrogen) atoms. The number of piperidine rings is 1. The summed E-state index contributed by atoms with van der Waals surface area (Å²) in [6.45, 7) is 1.93. The van der Waals surface area contributed by atoms with E-state index < -0.39 is 5.91 Å². The van der Waals surface area contributed by atoms with E-state index in [9.17, 15) is 9.59 Å². The highest BCUT2D eigenvalue weighted by Crippen LogP contribution is 2.58. The van der Waals surface area contributed by atoms with E-state index in [1.54, 1.807) is 30.3 Å². The van der Waals surface area contributed by atoms with Crippen LogP contribution in [-0.2, 0) is 4.79 Å². The molecule has 3 N–H and O–H groups in total. The number of carbonyl (C=O) groups excluding carboxylic acids is 2. The Balaban J connectivity index is 1.48. The van der Waals surface area contributed by atoms with Crippen LogP contribution in [0.25, 0.3) is 0 Å². The quantitative estimate of drug-likeness (QED) is 0.765. The molecule has 136 valence electrons. The van der Waals surface area contributed by atoms with Gasteiger partial charge in [-0.3, -0.25) is 9.59 Å². The van der Waals surface area contributed by atoms with Gasteiger partial charge in [0.25, 0.3) is 5.91 Å². The van der Waals surface area contributed by atoms with Crippen LogP contribution in [0.2, 0.25) is 5.02 Å². The molecule has 2 heterocycles. The maximum absolute atomic E-state index is 12.7. The lowest BCUT2D eigenvalue weighted by molar-refractivity contribution is -0.118. The van der Waals surface area contributed by atoms with Crippen molar-refractivity contribution in [1.82, 2.24) is 5.32 Å². The third-order valence-corrected chi connectivity index (χ3v) is 5.57. The van der Waals surface area contributed by atoms with Crippen LogP contribution in [0.3, 0.4) is 0 Å². The van der Waals surface area contributed by atoms with Gasteiger partial charge >= 0.3 is 0 Å². The van der Waals surface area contributed by atoms with Crippen LogP contribution in [0.15, 0.2) is 41.0 Å². The molecule has 1 aliphatic heterocycles. The Morgan fingerprint density at radius 3 is 2.69 bits per heavy atom. The molecule has 6 nitrogen and oxygen atoms in total. The fourth-order valence-electron chi connectivity index (χ4n) is 3.74. The van der Waals surface area contributed by atoms with Crippen molar-refractivity contribution < 1.29 is 14.0 Å². The molecule has 4 rings (SSSR count). The van der Waals surface area contributed by atoms with Crippen molar-refractivity contribution >= 4 is 34.8 Å². The monoisotopic (exact) mass is 373 g/mol. The molecule has 1 unspecified atom stereocenters. The van der Waals surface area contributed by atoms with Crippen molar-refractivity contribution in [2.45, 2.75) is 19.3 Å². The number of benzene rings is 1. The lowest BCUT2D eigenvalue weighted by atomic mass is 9.92. The number of halogens is 1. The number of hydrogen-bond donors (Lipinski definition) is 3. The van der Waals surface area contributed by atoms with Crippen molar-refractivity contribution in [3.05, 3.63) is 47.4 Å². The zero-order chi connectivity index (χ0) is 18.1. The highest BCUT2D eigenvalue weighted by atomic mass is 35.5. The fourth-order valence-corrected chi connectivity index (χ4v) is 3.91. The Kier molecular flexibility index (Phi) is 4.46. The van der Waals surface area contributed by atoms with Crippen molar-refractivity contribution in [2.75, 3.05) is 23.7 Å². The molecule has 2 amide bonds. The molecule has 2 fully saturated rings. The number of hydrogen-bond acceptors (Lipinski definition) is 4. The zero-order valence-electron chi connectivity index (χ0n) is 14.2. The number of anilines is 2. The average Bonchev–Trinajstić information content (AvgIpc) is 3.07. The highest BCUT2D eigenvalue weighted by molar-refractivity contribution is 6.31. The van der Waals surface area contributed by atoms with E-state index in [1.807, 2.05) is 0 Å². The summed E-state index contributed by atoms with van der Waals surface area (Å²) in [5.74, 6) is -0.163. The number of nitrogens with one attached hydrogen (secondary N) is 3. The smallest absolute Gasteiger partial charge is 0.291 e. The van der Waals surface area contributed by atoms with Crippen molar-refractivity contribution in [3.8, 4) is 0 Å². The summed E-state index contributed by atoms with van der Waals surface area (Å²) in [6.07, 6.45) is 4.44. The van der Waals surface area contributed by atoms with E-state index >= 15 is 0 Å². The molecule has 1 aromatic carbocycles. The summed E-state index contributed by atoms with van der Waals surface area (Å²) in [4.78, 5) is 24.9. The van der Waals surface area contributed by atoms with Crippen molar-refractivity contribution in [3.63, 3.8) is 0 Å². The molecule has 0 bridgehead atoms. The molecule has 1 spiro atoms. The minimum atomic E-state index is -0.394. The normalized spacial score (nSPS) is 20.6. The molecular weight excluding hydrogens is 354 g/mol. The van der Waals surface area contributed by atoms with Gasteiger partial charge in [0.2, 0.25) is 5.91 Å². The first kappa shape index (κ1) is 17.1. The summed E-state index contributed by atoms with van der Waals surface area (Å²) in [5, 5.41) is 9.51. The van der Waals surface area contributed by atoms with Gasteiger partial charge in [0.1, 0.15) is 0 Å². The van der Waals surface area contributed by atoms with Crippen LogP contribution in [0.4, 0.5) is 11.4 Å². The number of amides is 2. The second-order valence-electron chi connectivity index (χ2n) is 6.98. The van der Waals surface area contributed by atoms with Gasteiger partial charge in [-0.15, -0.1) is 0 Å². The van der Waals surface area contributed by atoms with Crippen LogP contribution >= 0.6 is 11.6 Å². The van der Waals surface area contributed by atoms with Gasteiger partial charge in [0.15, 0.2) is 5.76 Å². The van der Waals surface area contributed by atoms with E-state index in [0.29, 0.717) is 16.4 Å². The lowest BCUT2D eigenvalue weighted by Gasteiger charge is -2.23. The summed E-state index contributed by atoms with van der Waals surface area (Å²) in [5.41, 5.74) is 1.14. The molecule has 1 atom stereocenters. The number of rotatable bonds is 4. The van der Waals surface area contributed by atoms with Gasteiger partial charge in [0.05, 0.1) is 17.6 Å². The Bertz CT molecular complexity index is 829. The summed E-state index contributed by atoms with van der Waals surface area (Å²) in [6, 6.07) is 8.22. The van der Waals surface area contributed by atoms with E-state index in [-0.39, 0.29) is 23.0 Å². The predicted octanol–water partition coefficient (Wildman–Crippen LogP) is 3.51. The number of furan rings is 1. The summed E-state index contributed by atoms with van der Waals surface area (Å²) in [7, 11) is 0. The standard InChI is InChI=1S/C19H20ClN3O3/c20-12-3-4-14(15(10-12)23-18(25)16-2-1-9-26-16)22-17(24)13-11-19(13)5-7-21-8-6-19/h1-4,9-10,13,21H,5-8,11H2,(H,22,24)(H,23,25). The van der Waals surface area contributed by atoms with Gasteiger partial charge in [0, 0.05) is 10.9 Å². The molecule has 7 heteroatoms. The Morgan fingerprint density at radius 2 is 1.96 bits per heavy atom. The Hall–Kier alpha value is -2.31. The van der Waals surface area contributed by atoms with Crippen LogP contribution in [0.5, 0.6) is 0 Å². The third kappa shape index (κ3) is 3.34. The van der Waals surface area contributed by atoms with Gasteiger partial charge in [-0.1, -0.05) is 11.6 Å². The lowest BCUT2D eigenvalue weighted by Crippen LogP contribution is -2.31. The summed E-state index contributed by atoms with van der Waals surface area (Å²) >= 11 is 6.06. The highest BCUT2D eigenvalue weighted by Gasteiger charge is 2.57.